The van der Waals surface area contributed by atoms with E-state index < -0.39 is 12.1 Å². The number of nitrogens with one attached hydrogen (secondary N) is 2. The molecular formula is C27H28ClN5O3. The Balaban J connectivity index is 1.22. The van der Waals surface area contributed by atoms with Crippen LogP contribution < -0.4 is 10.2 Å². The molecule has 0 radical (unpaired) electrons. The minimum Gasteiger partial charge on any atom is -0.360 e. The molecule has 6 rings (SSSR count). The average Bonchev–Trinajstić information content (AvgIpc) is 3.56. The second-order valence-corrected chi connectivity index (χ2v) is 10.6. The first kappa shape index (κ1) is 23.1. The molecule has 2 aromatic carbocycles. The zero-order chi connectivity index (χ0) is 25.2. The number of urea groups is 1. The Morgan fingerprint density at radius 3 is 2.58 bits per heavy atom. The minimum atomic E-state index is -0.713. The van der Waals surface area contributed by atoms with Gasteiger partial charge < -0.3 is 15.2 Å². The van der Waals surface area contributed by atoms with Crippen molar-refractivity contribution in [2.24, 2.45) is 0 Å². The van der Waals surface area contributed by atoms with Crippen LogP contribution in [-0.4, -0.2) is 65.4 Å². The third-order valence-electron chi connectivity index (χ3n) is 7.99. The van der Waals surface area contributed by atoms with Crippen molar-refractivity contribution in [2.75, 3.05) is 25.5 Å². The molecule has 1 aliphatic carbocycles. The summed E-state index contributed by atoms with van der Waals surface area (Å²) in [6, 6.07) is 11.5. The predicted molar refractivity (Wildman–Crippen MR) is 138 cm³/mol. The Labute approximate surface area is 214 Å². The summed E-state index contributed by atoms with van der Waals surface area (Å²) in [6.07, 6.45) is 5.22. The molecule has 3 aliphatic rings. The third kappa shape index (κ3) is 3.50. The van der Waals surface area contributed by atoms with E-state index in [1.165, 1.54) is 10.5 Å². The molecule has 8 nitrogen and oxygen atoms in total. The Morgan fingerprint density at radius 2 is 1.89 bits per heavy atom. The number of rotatable bonds is 5. The number of H-pyrrole nitrogens is 1. The molecule has 1 saturated carbocycles. The quantitative estimate of drug-likeness (QED) is 0.511. The molecule has 186 valence electrons. The standard InChI is InChI=1S/C27H28ClN5O3/c1-31(2)27(11-12-27)17-6-8-18(9-7-17)33-25(35)23-21(4-3-13-32(23)26(33)36)30-24(34)16-5-10-19-20(28)15-29-22(19)14-16/h5-10,14-15,21,23,29H,3-4,11-13H2,1-2H3,(H,30,34)/t21-,23+/m1/s1. The van der Waals surface area contributed by atoms with Gasteiger partial charge in [-0.3, -0.25) is 14.5 Å². The van der Waals surface area contributed by atoms with Crippen LogP contribution in [0.2, 0.25) is 5.02 Å². The van der Waals surface area contributed by atoms with Gasteiger partial charge in [-0.25, -0.2) is 9.69 Å². The van der Waals surface area contributed by atoms with Gasteiger partial charge in [-0.15, -0.1) is 0 Å². The highest BCUT2D eigenvalue weighted by Gasteiger charge is 2.52. The van der Waals surface area contributed by atoms with Crippen LogP contribution in [-0.2, 0) is 10.3 Å². The van der Waals surface area contributed by atoms with Crippen molar-refractivity contribution >= 4 is 46.0 Å². The summed E-state index contributed by atoms with van der Waals surface area (Å²) in [4.78, 5) is 48.1. The Morgan fingerprint density at radius 1 is 1.14 bits per heavy atom. The summed E-state index contributed by atoms with van der Waals surface area (Å²) >= 11 is 6.15. The number of hydrogen-bond acceptors (Lipinski definition) is 4. The maximum absolute atomic E-state index is 13.5. The van der Waals surface area contributed by atoms with Gasteiger partial charge in [0, 0.05) is 34.7 Å². The lowest BCUT2D eigenvalue weighted by Gasteiger charge is -2.34. The molecule has 9 heteroatoms. The molecule has 0 spiro atoms. The molecule has 4 amide bonds. The van der Waals surface area contributed by atoms with Crippen molar-refractivity contribution in [3.63, 3.8) is 0 Å². The number of fused-ring (bicyclic) bond motifs is 2. The smallest absolute Gasteiger partial charge is 0.332 e. The average molecular weight is 506 g/mol. The highest BCUT2D eigenvalue weighted by Crippen LogP contribution is 2.50. The van der Waals surface area contributed by atoms with Crippen LogP contribution in [0.5, 0.6) is 0 Å². The van der Waals surface area contributed by atoms with Gasteiger partial charge in [-0.05, 0) is 69.6 Å². The van der Waals surface area contributed by atoms with E-state index in [0.29, 0.717) is 35.7 Å². The highest BCUT2D eigenvalue weighted by atomic mass is 35.5. The number of amides is 4. The summed E-state index contributed by atoms with van der Waals surface area (Å²) in [5.41, 5.74) is 3.05. The lowest BCUT2D eigenvalue weighted by molar-refractivity contribution is -0.121. The van der Waals surface area contributed by atoms with E-state index in [-0.39, 0.29) is 23.4 Å². The van der Waals surface area contributed by atoms with Crippen LogP contribution in [0.15, 0.2) is 48.7 Å². The number of halogens is 1. The number of aromatic amines is 1. The molecule has 3 heterocycles. The molecule has 2 N–H and O–H groups in total. The molecule has 3 aromatic rings. The van der Waals surface area contributed by atoms with Crippen LogP contribution in [0.25, 0.3) is 10.9 Å². The number of carbonyl (C=O) groups excluding carboxylic acids is 3. The van der Waals surface area contributed by atoms with Gasteiger partial charge in [0.05, 0.1) is 16.8 Å². The maximum Gasteiger partial charge on any atom is 0.332 e. The SMILES string of the molecule is CN(C)C1(c2ccc(N3C(=O)[C@@H]4[C@H](NC(=O)c5ccc6c(Cl)c[nH]c6c5)CCCN4C3=O)cc2)CC1. The fraction of sp³-hybridized carbons (Fsp3) is 0.370. The van der Waals surface area contributed by atoms with Gasteiger partial charge >= 0.3 is 6.03 Å². The first-order valence-electron chi connectivity index (χ1n) is 12.3. The summed E-state index contributed by atoms with van der Waals surface area (Å²) < 4.78 is 0. The number of imide groups is 1. The minimum absolute atomic E-state index is 0.0545. The van der Waals surface area contributed by atoms with Gasteiger partial charge in [0.1, 0.15) is 6.04 Å². The highest BCUT2D eigenvalue weighted by molar-refractivity contribution is 6.35. The molecule has 3 fully saturated rings. The van der Waals surface area contributed by atoms with Crippen molar-refractivity contribution in [3.05, 3.63) is 64.8 Å². The van der Waals surface area contributed by atoms with Crippen molar-refractivity contribution in [2.45, 2.75) is 43.3 Å². The molecule has 2 atom stereocenters. The summed E-state index contributed by atoms with van der Waals surface area (Å²) in [5.74, 6) is -0.575. The van der Waals surface area contributed by atoms with Gasteiger partial charge in [-0.2, -0.15) is 0 Å². The van der Waals surface area contributed by atoms with E-state index in [0.717, 1.165) is 23.7 Å². The van der Waals surface area contributed by atoms with E-state index in [4.69, 9.17) is 11.6 Å². The van der Waals surface area contributed by atoms with E-state index in [1.54, 1.807) is 29.3 Å². The van der Waals surface area contributed by atoms with Gasteiger partial charge in [0.25, 0.3) is 11.8 Å². The van der Waals surface area contributed by atoms with E-state index in [9.17, 15) is 14.4 Å². The number of benzene rings is 2. The molecule has 0 unspecified atom stereocenters. The second-order valence-electron chi connectivity index (χ2n) is 10.2. The number of anilines is 1. The normalized spacial score (nSPS) is 22.9. The molecular weight excluding hydrogens is 478 g/mol. The summed E-state index contributed by atoms with van der Waals surface area (Å²) in [6.45, 7) is 0.493. The summed E-state index contributed by atoms with van der Waals surface area (Å²) in [7, 11) is 4.15. The van der Waals surface area contributed by atoms with Crippen molar-refractivity contribution in [3.8, 4) is 0 Å². The number of carbonyl (C=O) groups is 3. The van der Waals surface area contributed by atoms with Crippen LogP contribution in [0, 0.1) is 0 Å². The molecule has 0 bridgehead atoms. The largest absolute Gasteiger partial charge is 0.360 e. The molecule has 36 heavy (non-hydrogen) atoms. The van der Waals surface area contributed by atoms with Gasteiger partial charge in [0.2, 0.25) is 0 Å². The maximum atomic E-state index is 13.5. The number of aromatic nitrogens is 1. The van der Waals surface area contributed by atoms with E-state index in [1.807, 2.05) is 24.3 Å². The topological polar surface area (TPSA) is 88.8 Å². The Kier molecular flexibility index (Phi) is 5.35. The fourth-order valence-electron chi connectivity index (χ4n) is 5.78. The lowest BCUT2D eigenvalue weighted by atomic mass is 9.96. The molecule has 1 aromatic heterocycles. The first-order chi connectivity index (χ1) is 17.3. The fourth-order valence-corrected chi connectivity index (χ4v) is 6.00. The van der Waals surface area contributed by atoms with Crippen molar-refractivity contribution in [1.82, 2.24) is 20.1 Å². The summed E-state index contributed by atoms with van der Waals surface area (Å²) in [5, 5.41) is 4.45. The molecule has 2 aliphatic heterocycles. The van der Waals surface area contributed by atoms with Crippen molar-refractivity contribution in [1.29, 1.82) is 0 Å². The lowest BCUT2D eigenvalue weighted by Crippen LogP contribution is -2.55. The third-order valence-corrected chi connectivity index (χ3v) is 8.31. The van der Waals surface area contributed by atoms with Crippen LogP contribution in [0.4, 0.5) is 10.5 Å². The zero-order valence-corrected chi connectivity index (χ0v) is 21.0. The predicted octanol–water partition coefficient (Wildman–Crippen LogP) is 4.10. The van der Waals surface area contributed by atoms with Crippen molar-refractivity contribution < 1.29 is 14.4 Å². The van der Waals surface area contributed by atoms with E-state index in [2.05, 4.69) is 29.3 Å². The number of nitrogens with zero attached hydrogens (tertiary/aromatic N) is 3. The van der Waals surface area contributed by atoms with Crippen LogP contribution in [0.3, 0.4) is 0 Å². The van der Waals surface area contributed by atoms with E-state index >= 15 is 0 Å². The van der Waals surface area contributed by atoms with Gasteiger partial charge in [0.15, 0.2) is 0 Å². The first-order valence-corrected chi connectivity index (χ1v) is 12.7. The Hall–Kier alpha value is -3.36. The number of hydrogen-bond donors (Lipinski definition) is 2. The monoisotopic (exact) mass is 505 g/mol. The zero-order valence-electron chi connectivity index (χ0n) is 20.3. The van der Waals surface area contributed by atoms with Gasteiger partial charge in [-0.1, -0.05) is 29.8 Å². The van der Waals surface area contributed by atoms with Crippen LogP contribution >= 0.6 is 11.6 Å². The number of piperidine rings is 1. The molecule has 2 saturated heterocycles. The Bertz CT molecular complexity index is 1380. The van der Waals surface area contributed by atoms with Crippen LogP contribution in [0.1, 0.15) is 41.6 Å². The second kappa shape index (κ2) is 8.35.